The fourth-order valence-corrected chi connectivity index (χ4v) is 1.54. The molecule has 0 amide bonds. The maximum absolute atomic E-state index is 11.3. The second-order valence-corrected chi connectivity index (χ2v) is 3.09. The first-order valence-electron chi connectivity index (χ1n) is 4.25. The van der Waals surface area contributed by atoms with Gasteiger partial charge in [0.05, 0.1) is 6.04 Å². The van der Waals surface area contributed by atoms with Gasteiger partial charge in [-0.15, -0.1) is 0 Å². The van der Waals surface area contributed by atoms with E-state index in [1.54, 1.807) is 10.8 Å². The molecule has 1 unspecified atom stereocenters. The molecule has 2 rings (SSSR count). The average molecular weight is 178 g/mol. The minimum Gasteiger partial charge on any atom is -0.294 e. The topological polar surface area (TPSA) is 54.9 Å². The molecule has 0 saturated heterocycles. The molecule has 68 valence electrons. The lowest BCUT2D eigenvalue weighted by Gasteiger charge is -2.09. The van der Waals surface area contributed by atoms with Crippen molar-refractivity contribution in [3.05, 3.63) is 45.3 Å². The molecule has 0 fully saturated rings. The third-order valence-electron chi connectivity index (χ3n) is 2.20. The van der Waals surface area contributed by atoms with E-state index in [0.717, 1.165) is 12.8 Å². The van der Waals surface area contributed by atoms with Crippen molar-refractivity contribution in [2.24, 2.45) is 0 Å². The van der Waals surface area contributed by atoms with Gasteiger partial charge in [0.15, 0.2) is 0 Å². The molecule has 1 heterocycles. The Balaban J connectivity index is 2.46. The molecule has 1 aliphatic carbocycles. The Morgan fingerprint density at radius 2 is 2.31 bits per heavy atom. The van der Waals surface area contributed by atoms with Gasteiger partial charge in [0, 0.05) is 12.3 Å². The van der Waals surface area contributed by atoms with E-state index in [1.807, 2.05) is 12.2 Å². The van der Waals surface area contributed by atoms with Crippen LogP contribution in [0.25, 0.3) is 0 Å². The molecule has 0 aromatic carbocycles. The van der Waals surface area contributed by atoms with Crippen molar-refractivity contribution in [1.82, 2.24) is 9.55 Å². The highest BCUT2D eigenvalue weighted by Crippen LogP contribution is 2.19. The summed E-state index contributed by atoms with van der Waals surface area (Å²) in [5.74, 6) is 0. The third kappa shape index (κ3) is 1.47. The minimum atomic E-state index is -0.344. The largest absolute Gasteiger partial charge is 0.328 e. The summed E-state index contributed by atoms with van der Waals surface area (Å²) in [6, 6.07) is 1.48. The number of nitrogens with one attached hydrogen (secondary N) is 1. The Labute approximate surface area is 74.5 Å². The first-order chi connectivity index (χ1) is 6.27. The lowest BCUT2D eigenvalue weighted by atomic mass is 10.2. The van der Waals surface area contributed by atoms with Crippen LogP contribution in [-0.4, -0.2) is 9.55 Å². The smallest absolute Gasteiger partial charge is 0.294 e. The number of rotatable bonds is 1. The standard InChI is InChI=1S/C9H10N2O2/c12-8-5-6-11(9(13)10-8)7-3-1-2-4-7/h1,3,5-7H,2,4H2,(H,10,12,13). The highest BCUT2D eigenvalue weighted by Gasteiger charge is 2.11. The summed E-state index contributed by atoms with van der Waals surface area (Å²) in [6.07, 6.45) is 7.51. The number of aromatic nitrogens is 2. The first-order valence-corrected chi connectivity index (χ1v) is 4.25. The van der Waals surface area contributed by atoms with E-state index in [-0.39, 0.29) is 17.3 Å². The van der Waals surface area contributed by atoms with Crippen LogP contribution in [0.4, 0.5) is 0 Å². The van der Waals surface area contributed by atoms with E-state index in [1.165, 1.54) is 6.07 Å². The SMILES string of the molecule is O=c1ccn(C2C=CCC2)c(=O)[nH]1. The molecule has 1 N–H and O–H groups in total. The Hall–Kier alpha value is -1.58. The summed E-state index contributed by atoms with van der Waals surface area (Å²) in [6.45, 7) is 0. The Bertz CT molecular complexity index is 441. The Kier molecular flexibility index (Phi) is 1.88. The summed E-state index contributed by atoms with van der Waals surface area (Å²) >= 11 is 0. The number of H-pyrrole nitrogens is 1. The normalized spacial score (nSPS) is 20.8. The van der Waals surface area contributed by atoms with Crippen LogP contribution in [0, 0.1) is 0 Å². The predicted molar refractivity (Wildman–Crippen MR) is 48.7 cm³/mol. The number of nitrogens with zero attached hydrogens (tertiary/aromatic N) is 1. The molecular weight excluding hydrogens is 168 g/mol. The van der Waals surface area contributed by atoms with Crippen molar-refractivity contribution in [2.75, 3.05) is 0 Å². The van der Waals surface area contributed by atoms with E-state index in [0.29, 0.717) is 0 Å². The van der Waals surface area contributed by atoms with Crippen molar-refractivity contribution in [1.29, 1.82) is 0 Å². The van der Waals surface area contributed by atoms with Crippen LogP contribution in [0.15, 0.2) is 34.0 Å². The summed E-state index contributed by atoms with van der Waals surface area (Å²) in [4.78, 5) is 24.3. The summed E-state index contributed by atoms with van der Waals surface area (Å²) < 4.78 is 1.55. The number of aromatic amines is 1. The second kappa shape index (κ2) is 3.05. The molecule has 1 aromatic heterocycles. The van der Waals surface area contributed by atoms with E-state index in [4.69, 9.17) is 0 Å². The molecule has 0 aliphatic heterocycles. The molecule has 0 saturated carbocycles. The molecular formula is C9H10N2O2. The van der Waals surface area contributed by atoms with Crippen LogP contribution < -0.4 is 11.2 Å². The lowest BCUT2D eigenvalue weighted by Crippen LogP contribution is -2.30. The number of hydrogen-bond donors (Lipinski definition) is 1. The van der Waals surface area contributed by atoms with Gasteiger partial charge < -0.3 is 0 Å². The van der Waals surface area contributed by atoms with E-state index >= 15 is 0 Å². The van der Waals surface area contributed by atoms with Crippen molar-refractivity contribution >= 4 is 0 Å². The molecule has 1 aliphatic rings. The highest BCUT2D eigenvalue weighted by molar-refractivity contribution is 5.01. The van der Waals surface area contributed by atoms with Gasteiger partial charge >= 0.3 is 5.69 Å². The number of hydrogen-bond acceptors (Lipinski definition) is 2. The fraction of sp³-hybridized carbons (Fsp3) is 0.333. The third-order valence-corrected chi connectivity index (χ3v) is 2.20. The van der Waals surface area contributed by atoms with Gasteiger partial charge in [-0.2, -0.15) is 0 Å². The van der Waals surface area contributed by atoms with Crippen LogP contribution in [0.1, 0.15) is 18.9 Å². The molecule has 0 radical (unpaired) electrons. The zero-order valence-corrected chi connectivity index (χ0v) is 7.06. The molecule has 1 aromatic rings. The summed E-state index contributed by atoms with van der Waals surface area (Å²) in [5.41, 5.74) is -0.674. The van der Waals surface area contributed by atoms with Crippen molar-refractivity contribution < 1.29 is 0 Å². The highest BCUT2D eigenvalue weighted by atomic mass is 16.2. The van der Waals surface area contributed by atoms with E-state index < -0.39 is 0 Å². The summed E-state index contributed by atoms with van der Waals surface area (Å²) in [7, 11) is 0. The lowest BCUT2D eigenvalue weighted by molar-refractivity contribution is 0.556. The molecule has 0 bridgehead atoms. The maximum atomic E-state index is 11.3. The van der Waals surface area contributed by atoms with Crippen LogP contribution in [0.5, 0.6) is 0 Å². The quantitative estimate of drug-likeness (QED) is 0.634. The van der Waals surface area contributed by atoms with Gasteiger partial charge in [0.1, 0.15) is 0 Å². The van der Waals surface area contributed by atoms with Crippen molar-refractivity contribution in [2.45, 2.75) is 18.9 Å². The molecule has 13 heavy (non-hydrogen) atoms. The maximum Gasteiger partial charge on any atom is 0.328 e. The number of allylic oxidation sites excluding steroid dienone is 2. The average Bonchev–Trinajstić information content (AvgIpc) is 2.56. The van der Waals surface area contributed by atoms with Gasteiger partial charge in [-0.1, -0.05) is 12.2 Å². The monoisotopic (exact) mass is 178 g/mol. The van der Waals surface area contributed by atoms with E-state index in [9.17, 15) is 9.59 Å². The van der Waals surface area contributed by atoms with Gasteiger partial charge in [-0.3, -0.25) is 14.3 Å². The van der Waals surface area contributed by atoms with E-state index in [2.05, 4.69) is 4.98 Å². The second-order valence-electron chi connectivity index (χ2n) is 3.09. The van der Waals surface area contributed by atoms with Crippen molar-refractivity contribution in [3.63, 3.8) is 0 Å². The zero-order valence-electron chi connectivity index (χ0n) is 7.06. The van der Waals surface area contributed by atoms with Gasteiger partial charge in [0.25, 0.3) is 5.56 Å². The molecule has 1 atom stereocenters. The zero-order chi connectivity index (χ0) is 9.26. The molecule has 4 nitrogen and oxygen atoms in total. The molecule has 0 spiro atoms. The van der Waals surface area contributed by atoms with Crippen LogP contribution in [0.3, 0.4) is 0 Å². The fourth-order valence-electron chi connectivity index (χ4n) is 1.54. The Morgan fingerprint density at radius 3 is 2.92 bits per heavy atom. The predicted octanol–water partition coefficient (Wildman–Crippen LogP) is 0.428. The summed E-state index contributed by atoms with van der Waals surface area (Å²) in [5, 5.41) is 0. The van der Waals surface area contributed by atoms with Crippen LogP contribution >= 0.6 is 0 Å². The van der Waals surface area contributed by atoms with Crippen LogP contribution in [0.2, 0.25) is 0 Å². The van der Waals surface area contributed by atoms with Gasteiger partial charge in [-0.05, 0) is 12.8 Å². The first kappa shape index (κ1) is 8.04. The van der Waals surface area contributed by atoms with Crippen molar-refractivity contribution in [3.8, 4) is 0 Å². The molecule has 4 heteroatoms. The van der Waals surface area contributed by atoms with Crippen LogP contribution in [-0.2, 0) is 0 Å². The van der Waals surface area contributed by atoms with Gasteiger partial charge in [0.2, 0.25) is 0 Å². The minimum absolute atomic E-state index is 0.115. The Morgan fingerprint density at radius 1 is 1.46 bits per heavy atom. The van der Waals surface area contributed by atoms with Gasteiger partial charge in [-0.25, -0.2) is 4.79 Å².